The zero-order chi connectivity index (χ0) is 12.7. The fraction of sp³-hybridized carbons (Fsp3) is 0.400. The first-order chi connectivity index (χ1) is 8.09. The first-order valence-corrected chi connectivity index (χ1v) is 6.47. The number of ether oxygens (including phenoxy) is 1. The summed E-state index contributed by atoms with van der Waals surface area (Å²) < 4.78 is 6.03. The topological polar surface area (TPSA) is 104 Å². The number of nitriles is 4. The van der Waals surface area contributed by atoms with Crippen molar-refractivity contribution in [2.45, 2.75) is 16.5 Å². The maximum absolute atomic E-state index is 9.15. The van der Waals surface area contributed by atoms with E-state index in [9.17, 15) is 0 Å². The van der Waals surface area contributed by atoms with Crippen LogP contribution in [0.15, 0.2) is 8.99 Å². The first-order valence-electron chi connectivity index (χ1n) is 4.45. The Hall–Kier alpha value is -1.26. The van der Waals surface area contributed by atoms with Gasteiger partial charge in [-0.1, -0.05) is 0 Å². The second-order valence-corrected chi connectivity index (χ2v) is 5.82. The number of nitrogens with zero attached hydrogens (tertiary/aromatic N) is 4. The number of thioether (sulfide) groups is 1. The molecule has 17 heavy (non-hydrogen) atoms. The summed E-state index contributed by atoms with van der Waals surface area (Å²) in [4.78, 5) is 0. The average molecular weight is 354 g/mol. The molecule has 0 radical (unpaired) electrons. The molecule has 0 bridgehead atoms. The molecule has 0 amide bonds. The van der Waals surface area contributed by atoms with Crippen molar-refractivity contribution in [3.8, 4) is 24.3 Å². The Morgan fingerprint density at radius 3 is 2.12 bits per heavy atom. The average Bonchev–Trinajstić information content (AvgIpc) is 2.88. The van der Waals surface area contributed by atoms with Gasteiger partial charge in [-0.2, -0.15) is 21.0 Å². The molecule has 2 rings (SSSR count). The predicted molar refractivity (Wildman–Crippen MR) is 66.0 cm³/mol. The van der Waals surface area contributed by atoms with Gasteiger partial charge in [-0.05, 0) is 28.0 Å². The van der Waals surface area contributed by atoms with E-state index >= 15 is 0 Å². The molecule has 82 valence electrons. The van der Waals surface area contributed by atoms with Crippen LogP contribution in [0.2, 0.25) is 0 Å². The van der Waals surface area contributed by atoms with Crippen LogP contribution in [0.1, 0.15) is 0 Å². The third-order valence-corrected chi connectivity index (χ3v) is 5.44. The van der Waals surface area contributed by atoms with Crippen LogP contribution in [0.5, 0.6) is 0 Å². The Balaban J connectivity index is 2.62. The fourth-order valence-electron chi connectivity index (χ4n) is 1.96. The highest BCUT2D eigenvalue weighted by molar-refractivity contribution is 14.1. The van der Waals surface area contributed by atoms with E-state index in [2.05, 4.69) is 0 Å². The van der Waals surface area contributed by atoms with Crippen molar-refractivity contribution in [2.75, 3.05) is 0 Å². The van der Waals surface area contributed by atoms with E-state index in [1.165, 1.54) is 11.8 Å². The highest BCUT2D eigenvalue weighted by atomic mass is 127. The lowest BCUT2D eigenvalue weighted by Gasteiger charge is -2.18. The van der Waals surface area contributed by atoms with Gasteiger partial charge in [0.25, 0.3) is 11.2 Å². The van der Waals surface area contributed by atoms with E-state index in [0.29, 0.717) is 0 Å². The van der Waals surface area contributed by atoms with Crippen LogP contribution >= 0.6 is 34.4 Å². The Kier molecular flexibility index (Phi) is 2.79. The summed E-state index contributed by atoms with van der Waals surface area (Å²) in [7, 11) is 0. The van der Waals surface area contributed by atoms with Crippen molar-refractivity contribution in [2.24, 2.45) is 5.92 Å². The molecule has 1 saturated heterocycles. The van der Waals surface area contributed by atoms with Crippen molar-refractivity contribution >= 4 is 34.4 Å². The van der Waals surface area contributed by atoms with Crippen LogP contribution < -0.4 is 0 Å². The van der Waals surface area contributed by atoms with Gasteiger partial charge in [0.2, 0.25) is 0 Å². The van der Waals surface area contributed by atoms with Gasteiger partial charge in [-0.3, -0.25) is 0 Å². The summed E-state index contributed by atoms with van der Waals surface area (Å²) in [6.45, 7) is 0. The number of halogens is 1. The van der Waals surface area contributed by atoms with Gasteiger partial charge in [0.1, 0.15) is 24.3 Å². The van der Waals surface area contributed by atoms with Crippen LogP contribution in [0, 0.1) is 51.2 Å². The summed E-state index contributed by atoms with van der Waals surface area (Å²) in [6.07, 6.45) is 0. The van der Waals surface area contributed by atoms with E-state index in [0.717, 1.165) is 3.58 Å². The van der Waals surface area contributed by atoms with Crippen molar-refractivity contribution in [3.63, 3.8) is 0 Å². The molecule has 5 nitrogen and oxygen atoms in total. The van der Waals surface area contributed by atoms with Gasteiger partial charge in [0.05, 0.1) is 11.2 Å². The number of rotatable bonds is 0. The smallest absolute Gasteiger partial charge is 0.256 e. The third-order valence-electron chi connectivity index (χ3n) is 2.75. The van der Waals surface area contributed by atoms with Gasteiger partial charge >= 0.3 is 0 Å². The monoisotopic (exact) mass is 354 g/mol. The number of fused-ring (bicyclic) bond motifs is 1. The quantitative estimate of drug-likeness (QED) is 0.612. The molecule has 0 saturated carbocycles. The molecule has 2 atom stereocenters. The minimum atomic E-state index is -1.74. The Morgan fingerprint density at radius 1 is 1.12 bits per heavy atom. The maximum atomic E-state index is 9.15. The van der Waals surface area contributed by atoms with Gasteiger partial charge < -0.3 is 4.74 Å². The summed E-state index contributed by atoms with van der Waals surface area (Å²) in [5.41, 5.74) is -3.48. The molecular weight excluding hydrogens is 351 g/mol. The summed E-state index contributed by atoms with van der Waals surface area (Å²) in [6, 6.07) is 7.21. The molecular formula is C10H3IN4OS. The van der Waals surface area contributed by atoms with Gasteiger partial charge in [-0.15, -0.1) is 11.8 Å². The van der Waals surface area contributed by atoms with Crippen LogP contribution in [-0.2, 0) is 4.74 Å². The van der Waals surface area contributed by atoms with E-state index in [1.54, 1.807) is 17.5 Å². The highest BCUT2D eigenvalue weighted by Gasteiger charge is 2.67. The SMILES string of the molecule is N#CC1(C#N)OC(C#N)(C#N)[C@H]2SC=C(I)[C@H]21. The van der Waals surface area contributed by atoms with Gasteiger partial charge in [-0.25, -0.2) is 0 Å². The number of hydrogen-bond acceptors (Lipinski definition) is 6. The molecule has 2 heterocycles. The fourth-order valence-corrected chi connectivity index (χ4v) is 4.70. The van der Waals surface area contributed by atoms with Crippen LogP contribution in [0.4, 0.5) is 0 Å². The zero-order valence-electron chi connectivity index (χ0n) is 8.22. The van der Waals surface area contributed by atoms with Crippen LogP contribution in [0.3, 0.4) is 0 Å². The Labute approximate surface area is 115 Å². The molecule has 2 aliphatic heterocycles. The summed E-state index contributed by atoms with van der Waals surface area (Å²) >= 11 is 3.28. The normalized spacial score (nSPS) is 31.2. The largest absolute Gasteiger partial charge is 0.311 e. The maximum Gasteiger partial charge on any atom is 0.256 e. The molecule has 0 spiro atoms. The molecule has 0 aromatic heterocycles. The van der Waals surface area contributed by atoms with E-state index < -0.39 is 22.4 Å². The highest BCUT2D eigenvalue weighted by Crippen LogP contribution is 2.56. The van der Waals surface area contributed by atoms with E-state index in [-0.39, 0.29) is 0 Å². The van der Waals surface area contributed by atoms with Crippen LogP contribution in [-0.4, -0.2) is 16.5 Å². The molecule has 0 aromatic rings. The van der Waals surface area contributed by atoms with Crippen molar-refractivity contribution < 1.29 is 4.74 Å². The second kappa shape index (κ2) is 3.89. The minimum absolute atomic E-state index is 0.524. The zero-order valence-corrected chi connectivity index (χ0v) is 11.2. The molecule has 0 aliphatic carbocycles. The van der Waals surface area contributed by atoms with E-state index in [4.69, 9.17) is 25.8 Å². The predicted octanol–water partition coefficient (Wildman–Crippen LogP) is 1.60. The van der Waals surface area contributed by atoms with Crippen LogP contribution in [0.25, 0.3) is 0 Å². The van der Waals surface area contributed by atoms with Gasteiger partial charge in [0, 0.05) is 3.58 Å². The molecule has 2 aliphatic rings. The molecule has 1 fully saturated rings. The van der Waals surface area contributed by atoms with Gasteiger partial charge in [0.15, 0.2) is 0 Å². The molecule has 0 N–H and O–H groups in total. The Bertz CT molecular complexity index is 545. The lowest BCUT2D eigenvalue weighted by atomic mass is 9.86. The lowest BCUT2D eigenvalue weighted by molar-refractivity contribution is 0.0153. The second-order valence-electron chi connectivity index (χ2n) is 3.56. The first kappa shape index (κ1) is 12.2. The third kappa shape index (κ3) is 1.37. The summed E-state index contributed by atoms with van der Waals surface area (Å²) in [5, 5.41) is 37.8. The van der Waals surface area contributed by atoms with E-state index in [1.807, 2.05) is 34.7 Å². The van der Waals surface area contributed by atoms with Crippen molar-refractivity contribution in [1.82, 2.24) is 0 Å². The lowest BCUT2D eigenvalue weighted by Crippen LogP contribution is -2.35. The molecule has 0 unspecified atom stereocenters. The standard InChI is InChI=1S/C10H3IN4OS/c11-6-1-17-8-7(6)9(2-12,3-13)16-10(8,4-14)5-15/h1,7-8H/t7-,8+/m1/s1. The minimum Gasteiger partial charge on any atom is -0.311 e. The van der Waals surface area contributed by atoms with Crippen molar-refractivity contribution in [1.29, 1.82) is 21.0 Å². The van der Waals surface area contributed by atoms with Crippen molar-refractivity contribution in [3.05, 3.63) is 8.99 Å². The summed E-state index contributed by atoms with van der Waals surface area (Å²) in [5.74, 6) is -0.539. The Morgan fingerprint density at radius 2 is 1.65 bits per heavy atom. The number of hydrogen-bond donors (Lipinski definition) is 0. The molecule has 7 heteroatoms. The molecule has 0 aromatic carbocycles.